The van der Waals surface area contributed by atoms with Crippen molar-refractivity contribution in [1.29, 1.82) is 0 Å². The van der Waals surface area contributed by atoms with Gasteiger partial charge in [-0.1, -0.05) is 35.9 Å². The summed E-state index contributed by atoms with van der Waals surface area (Å²) >= 11 is 0. The van der Waals surface area contributed by atoms with Crippen LogP contribution in [-0.2, 0) is 21.2 Å². The van der Waals surface area contributed by atoms with Crippen LogP contribution < -0.4 is 18.7 Å². The van der Waals surface area contributed by atoms with Crippen molar-refractivity contribution in [3.05, 3.63) is 77.9 Å². The van der Waals surface area contributed by atoms with Crippen LogP contribution in [0.3, 0.4) is 0 Å². The van der Waals surface area contributed by atoms with Gasteiger partial charge in [0.1, 0.15) is 6.54 Å². The Hall–Kier alpha value is -3.52. The number of sulfonamides is 1. The van der Waals surface area contributed by atoms with Gasteiger partial charge in [0, 0.05) is 18.3 Å². The van der Waals surface area contributed by atoms with Crippen LogP contribution in [0.25, 0.3) is 0 Å². The van der Waals surface area contributed by atoms with Crippen LogP contribution in [0.4, 0.5) is 11.4 Å². The second kappa shape index (κ2) is 9.77. The summed E-state index contributed by atoms with van der Waals surface area (Å²) < 4.78 is 39.3. The van der Waals surface area contributed by atoms with Gasteiger partial charge in [-0.15, -0.1) is 0 Å². The summed E-state index contributed by atoms with van der Waals surface area (Å²) in [4.78, 5) is 15.2. The molecule has 0 N–H and O–H groups in total. The molecule has 8 heteroatoms. The molecule has 0 unspecified atom stereocenters. The number of anilines is 2. The first-order chi connectivity index (χ1) is 16.3. The Kier molecular flexibility index (Phi) is 6.79. The normalized spacial score (nSPS) is 13.2. The summed E-state index contributed by atoms with van der Waals surface area (Å²) in [5.74, 6) is 0.435. The van der Waals surface area contributed by atoms with E-state index in [1.54, 1.807) is 23.1 Å². The van der Waals surface area contributed by atoms with Gasteiger partial charge in [-0.05, 0) is 55.7 Å². The molecule has 0 aromatic heterocycles. The van der Waals surface area contributed by atoms with E-state index in [9.17, 15) is 13.2 Å². The van der Waals surface area contributed by atoms with Crippen molar-refractivity contribution >= 4 is 27.3 Å². The molecule has 0 bridgehead atoms. The highest BCUT2D eigenvalue weighted by Crippen LogP contribution is 2.33. The maximum atomic E-state index is 13.8. The van der Waals surface area contributed by atoms with Gasteiger partial charge in [0.15, 0.2) is 11.5 Å². The van der Waals surface area contributed by atoms with Crippen molar-refractivity contribution in [3.8, 4) is 11.5 Å². The summed E-state index contributed by atoms with van der Waals surface area (Å²) in [5, 5.41) is 0. The SMILES string of the molecule is COc1ccc(S(=O)(=O)N(CC(=O)N2CCCc3ccccc32)c2ccc(C)cc2)cc1OC. The molecule has 178 valence electrons. The number of hydrogen-bond acceptors (Lipinski definition) is 5. The maximum absolute atomic E-state index is 13.8. The minimum Gasteiger partial charge on any atom is -0.493 e. The Labute approximate surface area is 200 Å². The zero-order chi connectivity index (χ0) is 24.3. The monoisotopic (exact) mass is 480 g/mol. The highest BCUT2D eigenvalue weighted by Gasteiger charge is 2.31. The molecular weight excluding hydrogens is 452 g/mol. The fourth-order valence-electron chi connectivity index (χ4n) is 4.13. The summed E-state index contributed by atoms with van der Waals surface area (Å²) in [7, 11) is -1.15. The lowest BCUT2D eigenvalue weighted by atomic mass is 10.0. The lowest BCUT2D eigenvalue weighted by Gasteiger charge is -2.32. The van der Waals surface area contributed by atoms with Crippen molar-refractivity contribution < 1.29 is 22.7 Å². The van der Waals surface area contributed by atoms with Crippen LogP contribution in [0, 0.1) is 6.92 Å². The number of ether oxygens (including phenoxy) is 2. The molecule has 1 aliphatic heterocycles. The van der Waals surface area contributed by atoms with Crippen LogP contribution in [0.15, 0.2) is 71.6 Å². The molecule has 34 heavy (non-hydrogen) atoms. The fourth-order valence-corrected chi connectivity index (χ4v) is 5.56. The van der Waals surface area contributed by atoms with Gasteiger partial charge in [-0.3, -0.25) is 9.10 Å². The number of hydrogen-bond donors (Lipinski definition) is 0. The number of para-hydroxylation sites is 1. The quantitative estimate of drug-likeness (QED) is 0.507. The predicted octanol–water partition coefficient (Wildman–Crippen LogP) is 4.19. The molecule has 0 radical (unpaired) electrons. The van der Waals surface area contributed by atoms with Gasteiger partial charge >= 0.3 is 0 Å². The predicted molar refractivity (Wildman–Crippen MR) is 132 cm³/mol. The molecule has 3 aromatic carbocycles. The van der Waals surface area contributed by atoms with Crippen LogP contribution in [0.5, 0.6) is 11.5 Å². The highest BCUT2D eigenvalue weighted by molar-refractivity contribution is 7.92. The second-order valence-corrected chi connectivity index (χ2v) is 10.0. The fraction of sp³-hybridized carbons (Fsp3) is 0.269. The lowest BCUT2D eigenvalue weighted by molar-refractivity contribution is -0.117. The summed E-state index contributed by atoms with van der Waals surface area (Å²) in [6.07, 6.45) is 1.72. The summed E-state index contributed by atoms with van der Waals surface area (Å²) in [6, 6.07) is 19.3. The minimum atomic E-state index is -4.09. The van der Waals surface area contributed by atoms with E-state index in [4.69, 9.17) is 9.47 Å². The van der Waals surface area contributed by atoms with Gasteiger partial charge in [0.25, 0.3) is 10.0 Å². The van der Waals surface area contributed by atoms with Gasteiger partial charge in [-0.25, -0.2) is 8.42 Å². The number of carbonyl (C=O) groups is 1. The third-order valence-electron chi connectivity index (χ3n) is 5.96. The van der Waals surface area contributed by atoms with E-state index in [2.05, 4.69) is 0 Å². The first-order valence-corrected chi connectivity index (χ1v) is 12.5. The number of benzene rings is 3. The number of carbonyl (C=O) groups excluding carboxylic acids is 1. The molecule has 0 atom stereocenters. The van der Waals surface area contributed by atoms with E-state index in [1.165, 1.54) is 26.4 Å². The molecule has 0 saturated heterocycles. The first-order valence-electron chi connectivity index (χ1n) is 11.0. The Bertz CT molecular complexity index is 1290. The lowest BCUT2D eigenvalue weighted by Crippen LogP contribution is -2.45. The van der Waals surface area contributed by atoms with Gasteiger partial charge in [0.2, 0.25) is 5.91 Å². The Morgan fingerprint density at radius 3 is 2.38 bits per heavy atom. The molecule has 1 amide bonds. The van der Waals surface area contributed by atoms with Crippen molar-refractivity contribution in [2.24, 2.45) is 0 Å². The van der Waals surface area contributed by atoms with E-state index in [0.29, 0.717) is 23.7 Å². The number of rotatable bonds is 7. The Morgan fingerprint density at radius 2 is 1.68 bits per heavy atom. The number of aryl methyl sites for hydroxylation is 2. The van der Waals surface area contributed by atoms with Crippen LogP contribution >= 0.6 is 0 Å². The average molecular weight is 481 g/mol. The topological polar surface area (TPSA) is 76.2 Å². The smallest absolute Gasteiger partial charge is 0.264 e. The molecule has 0 saturated carbocycles. The zero-order valence-electron chi connectivity index (χ0n) is 19.5. The van der Waals surface area contributed by atoms with E-state index >= 15 is 0 Å². The van der Waals surface area contributed by atoms with Crippen molar-refractivity contribution in [2.75, 3.05) is 36.5 Å². The third kappa shape index (κ3) is 4.59. The number of amides is 1. The molecule has 0 aliphatic carbocycles. The van der Waals surface area contributed by atoms with E-state index < -0.39 is 10.0 Å². The Balaban J connectivity index is 1.74. The van der Waals surface area contributed by atoms with Crippen LogP contribution in [0.1, 0.15) is 17.5 Å². The summed E-state index contributed by atoms with van der Waals surface area (Å²) in [5.41, 5.74) is 3.33. The van der Waals surface area contributed by atoms with Gasteiger partial charge in [0.05, 0.1) is 24.8 Å². The summed E-state index contributed by atoms with van der Waals surface area (Å²) in [6.45, 7) is 2.15. The van der Waals surface area contributed by atoms with E-state index in [-0.39, 0.29) is 17.3 Å². The molecule has 0 spiro atoms. The highest BCUT2D eigenvalue weighted by atomic mass is 32.2. The molecule has 7 nitrogen and oxygen atoms in total. The second-order valence-electron chi connectivity index (χ2n) is 8.14. The first kappa shape index (κ1) is 23.6. The average Bonchev–Trinajstić information content (AvgIpc) is 2.86. The van der Waals surface area contributed by atoms with Crippen LogP contribution in [0.2, 0.25) is 0 Å². The van der Waals surface area contributed by atoms with Gasteiger partial charge < -0.3 is 14.4 Å². The molecule has 0 fully saturated rings. The maximum Gasteiger partial charge on any atom is 0.264 e. The van der Waals surface area contributed by atoms with Crippen molar-refractivity contribution in [2.45, 2.75) is 24.7 Å². The molecule has 4 rings (SSSR count). The zero-order valence-corrected chi connectivity index (χ0v) is 20.3. The van der Waals surface area contributed by atoms with E-state index in [1.807, 2.05) is 43.3 Å². The number of fused-ring (bicyclic) bond motifs is 1. The largest absolute Gasteiger partial charge is 0.493 e. The number of methoxy groups -OCH3 is 2. The van der Waals surface area contributed by atoms with Crippen molar-refractivity contribution in [1.82, 2.24) is 0 Å². The van der Waals surface area contributed by atoms with Crippen LogP contribution in [-0.4, -0.2) is 41.6 Å². The van der Waals surface area contributed by atoms with Gasteiger partial charge in [-0.2, -0.15) is 0 Å². The molecular formula is C26H28N2O5S. The van der Waals surface area contributed by atoms with Crippen molar-refractivity contribution in [3.63, 3.8) is 0 Å². The molecule has 1 aliphatic rings. The molecule has 3 aromatic rings. The van der Waals surface area contributed by atoms with E-state index in [0.717, 1.165) is 34.0 Å². The molecule has 1 heterocycles. The third-order valence-corrected chi connectivity index (χ3v) is 7.72. The standard InChI is InChI=1S/C26H28N2O5S/c1-19-10-12-21(13-11-19)28(34(30,31)22-14-15-24(32-2)25(17-22)33-3)18-26(29)27-16-6-8-20-7-4-5-9-23(20)27/h4-5,7,9-15,17H,6,8,16,18H2,1-3H3. The Morgan fingerprint density at radius 1 is 0.971 bits per heavy atom. The minimum absolute atomic E-state index is 0.0116. The number of nitrogens with zero attached hydrogens (tertiary/aromatic N) is 2.